The molecule has 9 rings (SSSR count). The number of para-hydroxylation sites is 1. The summed E-state index contributed by atoms with van der Waals surface area (Å²) in [6.45, 7) is 10.6. The maximum atomic E-state index is 14.6. The Morgan fingerprint density at radius 2 is 1.46 bits per heavy atom. The van der Waals surface area contributed by atoms with Crippen LogP contribution >= 0.6 is 0 Å². The van der Waals surface area contributed by atoms with Crippen LogP contribution in [0.5, 0.6) is 0 Å². The first-order chi connectivity index (χ1) is 36.2. The zero-order chi connectivity index (χ0) is 54.9. The standard InChI is InChI=1S/C57H78N4O15/c1-31-24-34(4)49(64)51(73-8)50(65)35(5)27-47-44(63)30-46(32(2)25-37-18-22-43(62)48(28-37)74-47)75-54(68)42-16-12-13-23-58(42)53(67)52(66)57(71)36(6)17-20-40(76-57)29-45(72-7)33(3)26-39-19-21-41(31)61-56(70)59(55(69)60(39)61)38-14-10-9-11-15-38/h9-11,14-15,19,21,26-27,31-32,34-37,39-43,45-46,48,50-51,62,65,71H,12-13,16-18,20,22-25,28-30H2,1-8H3/t31?,32?,34-,35?,36-,37?,39?,40?,41?,42+,43?,45?,46?,48?,50-,51?,57-/m1/s1. The van der Waals surface area contributed by atoms with E-state index in [1.54, 1.807) is 57.2 Å². The van der Waals surface area contributed by atoms with Crippen molar-refractivity contribution in [2.24, 2.45) is 35.5 Å². The SMILES string of the molecule is COC1CC2CC[C@@H](C)[C@@](O)(O2)C(=O)C(=O)N2CCCC[C@H]2C(=O)OC2CC(=O)C(=CC(C)[C@@H](O)C(OC)C(=O)[C@H](C)CC(C)C3C=CC(C=C1C)n1c(=O)n(-c4ccccc4)c(=O)n13)OC1CC(CCC1O)CC2C. The molecule has 1 aliphatic carbocycles. The third-order valence-corrected chi connectivity index (χ3v) is 17.3. The Balaban J connectivity index is 1.19. The number of ether oxygens (including phenoxy) is 5. The number of hydrogen-bond donors (Lipinski definition) is 3. The van der Waals surface area contributed by atoms with E-state index >= 15 is 0 Å². The molecule has 3 saturated heterocycles. The number of nitrogens with zero attached hydrogens (tertiary/aromatic N) is 4. The predicted molar refractivity (Wildman–Crippen MR) is 277 cm³/mol. The number of allylic oxidation sites excluding steroid dienone is 4. The van der Waals surface area contributed by atoms with Crippen molar-refractivity contribution in [3.63, 3.8) is 0 Å². The maximum absolute atomic E-state index is 14.6. The molecule has 1 amide bonds. The van der Waals surface area contributed by atoms with Crippen molar-refractivity contribution in [2.75, 3.05) is 20.8 Å². The highest BCUT2D eigenvalue weighted by Crippen LogP contribution is 2.40. The summed E-state index contributed by atoms with van der Waals surface area (Å²) < 4.78 is 34.5. The lowest BCUT2D eigenvalue weighted by atomic mass is 9.78. The van der Waals surface area contributed by atoms with E-state index < -0.39 is 131 Å². The Labute approximate surface area is 443 Å². The van der Waals surface area contributed by atoms with E-state index in [2.05, 4.69) is 0 Å². The highest BCUT2D eigenvalue weighted by molar-refractivity contribution is 6.39. The maximum Gasteiger partial charge on any atom is 0.352 e. The first-order valence-electron chi connectivity index (χ1n) is 27.4. The molecule has 7 heterocycles. The summed E-state index contributed by atoms with van der Waals surface area (Å²) in [6.07, 6.45) is 3.88. The second-order valence-electron chi connectivity index (χ2n) is 22.7. The molecule has 416 valence electrons. The van der Waals surface area contributed by atoms with Crippen molar-refractivity contribution in [3.8, 4) is 5.69 Å². The fourth-order valence-electron chi connectivity index (χ4n) is 12.6. The van der Waals surface area contributed by atoms with Gasteiger partial charge in [-0.05, 0) is 113 Å². The Hall–Kier alpha value is -5.31. The van der Waals surface area contributed by atoms with E-state index in [-0.39, 0.29) is 49.8 Å². The average molecular weight is 1060 g/mol. The zero-order valence-corrected chi connectivity index (χ0v) is 45.2. The van der Waals surface area contributed by atoms with Gasteiger partial charge in [-0.2, -0.15) is 0 Å². The third-order valence-electron chi connectivity index (χ3n) is 17.3. The highest BCUT2D eigenvalue weighted by atomic mass is 16.6. The van der Waals surface area contributed by atoms with Gasteiger partial charge in [-0.1, -0.05) is 71.0 Å². The lowest BCUT2D eigenvalue weighted by Crippen LogP contribution is -2.61. The van der Waals surface area contributed by atoms with Crippen molar-refractivity contribution in [1.82, 2.24) is 18.8 Å². The van der Waals surface area contributed by atoms with Crippen LogP contribution in [-0.2, 0) is 47.7 Å². The summed E-state index contributed by atoms with van der Waals surface area (Å²) in [5, 5.41) is 35.2. The van der Waals surface area contributed by atoms with Crippen LogP contribution in [0.2, 0.25) is 0 Å². The molecule has 0 spiro atoms. The zero-order valence-electron chi connectivity index (χ0n) is 45.2. The number of methoxy groups -OCH3 is 2. The molecule has 1 aromatic heterocycles. The van der Waals surface area contributed by atoms with Crippen LogP contribution in [0, 0.1) is 35.5 Å². The van der Waals surface area contributed by atoms with Gasteiger partial charge in [0.15, 0.2) is 11.5 Å². The number of aliphatic hydroxyl groups excluding tert-OH is 2. The lowest BCUT2D eigenvalue weighted by Gasteiger charge is -2.43. The number of piperidine rings is 1. The molecule has 8 bridgehead atoms. The second kappa shape index (κ2) is 23.7. The first-order valence-corrected chi connectivity index (χ1v) is 27.4. The van der Waals surface area contributed by atoms with Crippen LogP contribution < -0.4 is 11.4 Å². The van der Waals surface area contributed by atoms with Gasteiger partial charge in [-0.15, -0.1) is 0 Å². The normalized spacial score (nSPS) is 37.6. The van der Waals surface area contributed by atoms with Crippen LogP contribution in [0.3, 0.4) is 0 Å². The van der Waals surface area contributed by atoms with Crippen molar-refractivity contribution in [1.29, 1.82) is 0 Å². The first kappa shape index (κ1) is 56.9. The topological polar surface area (TPSA) is 244 Å². The molecular formula is C57H78N4O15. The Bertz CT molecular complexity index is 2690. The Morgan fingerprint density at radius 3 is 2.17 bits per heavy atom. The molecule has 1 aromatic carbocycles. The van der Waals surface area contributed by atoms with E-state index in [9.17, 15) is 48.9 Å². The molecule has 19 nitrogen and oxygen atoms in total. The highest BCUT2D eigenvalue weighted by Gasteiger charge is 2.53. The monoisotopic (exact) mass is 1060 g/mol. The number of Topliss-reactive ketones (excluding diaryl/α,β-unsaturated/α-hetero) is 3. The van der Waals surface area contributed by atoms with Gasteiger partial charge >= 0.3 is 17.3 Å². The van der Waals surface area contributed by atoms with Crippen LogP contribution in [0.4, 0.5) is 0 Å². The van der Waals surface area contributed by atoms with Gasteiger partial charge in [-0.25, -0.2) is 28.3 Å². The van der Waals surface area contributed by atoms with E-state index in [4.69, 9.17) is 23.7 Å². The molecule has 2 aromatic rings. The summed E-state index contributed by atoms with van der Waals surface area (Å²) in [5.74, 6) is -10.0. The van der Waals surface area contributed by atoms with Crippen molar-refractivity contribution >= 4 is 29.2 Å². The van der Waals surface area contributed by atoms with Crippen molar-refractivity contribution < 1.29 is 63.0 Å². The van der Waals surface area contributed by atoms with Gasteiger partial charge in [0.05, 0.1) is 48.6 Å². The number of hydrogen-bond acceptors (Lipinski definition) is 15. The number of carbonyl (C=O) groups excluding carboxylic acids is 5. The summed E-state index contributed by atoms with van der Waals surface area (Å²) in [5.41, 5.74) is -0.187. The molecule has 7 aliphatic rings. The molecule has 0 radical (unpaired) electrons. The quantitative estimate of drug-likeness (QED) is 0.211. The number of esters is 1. The van der Waals surface area contributed by atoms with Crippen molar-refractivity contribution in [2.45, 2.75) is 185 Å². The van der Waals surface area contributed by atoms with Gasteiger partial charge in [-0.3, -0.25) is 19.2 Å². The van der Waals surface area contributed by atoms with E-state index in [0.29, 0.717) is 62.6 Å². The number of ketones is 3. The van der Waals surface area contributed by atoms with Gasteiger partial charge in [0.25, 0.3) is 11.7 Å². The van der Waals surface area contributed by atoms with E-state index in [1.807, 2.05) is 32.9 Å². The summed E-state index contributed by atoms with van der Waals surface area (Å²) >= 11 is 0. The fraction of sp³-hybridized carbons (Fsp3) is 0.667. The number of carbonyl (C=O) groups is 5. The minimum absolute atomic E-state index is 0.0323. The van der Waals surface area contributed by atoms with E-state index in [1.165, 1.54) is 29.7 Å². The molecule has 1 saturated carbocycles. The van der Waals surface area contributed by atoms with Gasteiger partial charge in [0.1, 0.15) is 24.4 Å². The van der Waals surface area contributed by atoms with Crippen LogP contribution in [0.15, 0.2) is 75.6 Å². The minimum Gasteiger partial charge on any atom is -0.484 e. The lowest BCUT2D eigenvalue weighted by molar-refractivity contribution is -0.265. The van der Waals surface area contributed by atoms with Crippen LogP contribution in [0.1, 0.15) is 131 Å². The number of benzene rings is 1. The Kier molecular flexibility index (Phi) is 17.8. The Morgan fingerprint density at radius 1 is 0.737 bits per heavy atom. The molecule has 17 atom stereocenters. The smallest absolute Gasteiger partial charge is 0.352 e. The molecule has 3 N–H and O–H groups in total. The van der Waals surface area contributed by atoms with Gasteiger partial charge < -0.3 is 43.9 Å². The molecule has 12 unspecified atom stereocenters. The number of aliphatic hydroxyl groups is 3. The molecular weight excluding hydrogens is 981 g/mol. The number of fused-ring (bicyclic) bond motifs is 13. The summed E-state index contributed by atoms with van der Waals surface area (Å²) in [7, 11) is 2.82. The van der Waals surface area contributed by atoms with Crippen LogP contribution in [-0.4, -0.2) is 139 Å². The largest absolute Gasteiger partial charge is 0.484 e. The summed E-state index contributed by atoms with van der Waals surface area (Å²) in [4.78, 5) is 103. The number of rotatable bonds is 3. The van der Waals surface area contributed by atoms with E-state index in [0.717, 1.165) is 9.47 Å². The van der Waals surface area contributed by atoms with Crippen molar-refractivity contribution in [3.05, 3.63) is 86.9 Å². The van der Waals surface area contributed by atoms with Gasteiger partial charge in [0, 0.05) is 44.9 Å². The molecule has 76 heavy (non-hydrogen) atoms. The molecule has 6 aliphatic heterocycles. The molecule has 19 heteroatoms. The fourth-order valence-corrected chi connectivity index (χ4v) is 12.6. The number of aromatic nitrogens is 3. The second-order valence-corrected chi connectivity index (χ2v) is 22.7. The minimum atomic E-state index is -2.55. The average Bonchev–Trinajstić information content (AvgIpc) is 3.70. The predicted octanol–water partition coefficient (Wildman–Crippen LogP) is 4.86. The van der Waals surface area contributed by atoms with Gasteiger partial charge in [0.2, 0.25) is 11.6 Å². The number of amides is 1. The van der Waals surface area contributed by atoms with Crippen LogP contribution in [0.25, 0.3) is 5.69 Å². The molecule has 4 fully saturated rings. The summed E-state index contributed by atoms with van der Waals surface area (Å²) in [6, 6.07) is 5.85. The third kappa shape index (κ3) is 11.5.